The average Bonchev–Trinajstić information content (AvgIpc) is 1.39. The Balaban J connectivity index is 0.000000229. The van der Waals surface area contributed by atoms with Crippen LogP contribution in [-0.4, -0.2) is 105 Å². The van der Waals surface area contributed by atoms with Crippen LogP contribution in [0.25, 0.3) is 62.0 Å². The van der Waals surface area contributed by atoms with Crippen LogP contribution in [0.1, 0.15) is 19.4 Å². The van der Waals surface area contributed by atoms with Gasteiger partial charge in [0, 0.05) is 252 Å². The Hall–Kier alpha value is -12.8. The predicted octanol–water partition coefficient (Wildman–Crippen LogP) is 20.7. The summed E-state index contributed by atoms with van der Waals surface area (Å²) in [4.78, 5) is 34.9. The Morgan fingerprint density at radius 1 is 0.359 bits per heavy atom. The van der Waals surface area contributed by atoms with E-state index in [9.17, 15) is 35.5 Å². The smallest absolute Gasteiger partial charge is 0.466 e. The Bertz CT molecular complexity index is 6030. The van der Waals surface area contributed by atoms with Gasteiger partial charge in [-0.05, 0) is 165 Å². The summed E-state index contributed by atoms with van der Waals surface area (Å²) in [6.45, 7) is 2.90. The van der Waals surface area contributed by atoms with Gasteiger partial charge >= 0.3 is 6.69 Å². The van der Waals surface area contributed by atoms with E-state index in [-0.39, 0.29) is 141 Å². The van der Waals surface area contributed by atoms with Gasteiger partial charge in [-0.1, -0.05) is 108 Å². The first-order valence-electron chi connectivity index (χ1n) is 37.8. The SMILES string of the molecule is CC(=O)C=C(C)O.CN(C)c1ccnc(-c2[c-]cc(F)cc2)c1.Cc1ccnc(-c2[c-]cc(F)cc2F)c1.Fc1c[c-]c(-c2cc(N(c3ccccc3)c3ccccc3)ccn2)cc1.Fc1c[c-]c(-c2ccccn2)c(F)c1.Fc1c[c-]c(-c2ccccn2)cc1.[Ir].[Ir].[Ir].[Ir].[Ir].[c-]1ccccc1-n1cccn1.c1cnn([B-](n2cccn2)(n2cccn2)n2cccn2)c1. The zero-order valence-electron chi connectivity index (χ0n) is 68.5. The first-order chi connectivity index (χ1) is 59.8. The number of carbonyl (C=O) groups is 1. The summed E-state index contributed by atoms with van der Waals surface area (Å²) in [6.07, 6.45) is 27.6. The monoisotopic (exact) mass is 2610 g/mol. The maximum absolute atomic E-state index is 13.4. The number of para-hydroxylation sites is 3. The van der Waals surface area contributed by atoms with Crippen LogP contribution in [0.4, 0.5) is 53.5 Å². The predicted molar refractivity (Wildman–Crippen MR) is 462 cm³/mol. The van der Waals surface area contributed by atoms with Crippen molar-refractivity contribution in [1.82, 2.24) is 73.5 Å². The summed E-state index contributed by atoms with van der Waals surface area (Å²) in [7, 11) is 3.93. The fourth-order valence-corrected chi connectivity index (χ4v) is 11.7. The molecular weight excluding hydrogens is 2530 g/mol. The van der Waals surface area contributed by atoms with Crippen molar-refractivity contribution in [3.05, 3.63) is 454 Å². The van der Waals surface area contributed by atoms with Crippen molar-refractivity contribution in [3.63, 3.8) is 0 Å². The maximum atomic E-state index is 13.4. The topological polar surface area (TPSA) is 197 Å². The van der Waals surface area contributed by atoms with Gasteiger partial charge in [-0.3, -0.25) is 40.2 Å². The zero-order chi connectivity index (χ0) is 86.7. The second-order valence-electron chi connectivity index (χ2n) is 26.4. The minimum Gasteiger partial charge on any atom is -0.512 e. The number of rotatable bonds is 15. The summed E-state index contributed by atoms with van der Waals surface area (Å²) in [5, 5.41) is 30.1. The van der Waals surface area contributed by atoms with Crippen molar-refractivity contribution in [2.24, 2.45) is 0 Å². The van der Waals surface area contributed by atoms with Crippen molar-refractivity contribution < 1.29 is 141 Å². The quantitative estimate of drug-likeness (QED) is 0.0334. The molecule has 0 spiro atoms. The van der Waals surface area contributed by atoms with E-state index in [2.05, 4.69) is 116 Å². The van der Waals surface area contributed by atoms with E-state index >= 15 is 0 Å². The maximum Gasteiger partial charge on any atom is 0.466 e. The standard InChI is InChI=1S/C23H16FN2.C13H12FN2.C12H12BN8.C12H8F2N.C11H6F2N.C11H7FN.C9H7N2.C5H8O2.5Ir/c24-19-13-11-18(12-14-19)23-17-22(15-16-25-23)26(20-7-3-1-4-8-20)21-9-5-2-6-10-21;1-16(2)12-7-8-15-13(9-12)10-3-5-11(14)6-4-10;1-5-14-18(9-1)13(19-10-2-6-15-19,20-11-3-7-16-20)21-12-4-8-17-21;1-8-4-5-15-12(6-8)10-3-2-9(13)7-11(10)14;12-8-4-5-9(10(13)7-8)11-3-1-2-6-14-11;12-10-6-4-9(5-7-10)11-3-1-2-8-13-11;1-2-5-9(6-3-1)11-8-4-7-10-11;1-4(6)3-5(2)7;;;;;/h1-11,13-17H;3,5-9H,1-2H3;1-12H;2,4-7H,1H3;1-4,6-7H;1-4,6-8H;1-5,7-8H;3,6H,1-2H3;;;;;/q7*-1;;;;;;. The molecule has 0 fully saturated rings. The molecule has 0 saturated carbocycles. The molecule has 10 heterocycles. The van der Waals surface area contributed by atoms with Crippen LogP contribution in [-0.2, 0) is 105 Å². The van der Waals surface area contributed by atoms with E-state index in [1.54, 1.807) is 109 Å². The fraction of sp³-hybridized carbons (Fsp3) is 0.0521. The van der Waals surface area contributed by atoms with Crippen LogP contribution >= 0.6 is 0 Å². The van der Waals surface area contributed by atoms with Crippen molar-refractivity contribution in [1.29, 1.82) is 0 Å². The van der Waals surface area contributed by atoms with Gasteiger partial charge in [0.05, 0.1) is 5.76 Å². The molecule has 19 nitrogen and oxygen atoms in total. The number of hydrogen-bond acceptors (Lipinski definition) is 14. The molecule has 0 saturated heterocycles. The molecule has 5 radical (unpaired) electrons. The summed E-state index contributed by atoms with van der Waals surface area (Å²) >= 11 is 0. The largest absolute Gasteiger partial charge is 0.512 e. The molecule has 128 heavy (non-hydrogen) atoms. The second kappa shape index (κ2) is 53.6. The molecule has 18 aromatic rings. The Kier molecular flexibility index (Phi) is 43.6. The number of carbonyl (C=O) groups excluding carboxylic acids is 1. The number of aliphatic hydroxyl groups excluding tert-OH is 1. The van der Waals surface area contributed by atoms with Gasteiger partial charge < -0.3 is 58.2 Å². The van der Waals surface area contributed by atoms with Gasteiger partial charge in [0.15, 0.2) is 5.78 Å². The van der Waals surface area contributed by atoms with E-state index in [0.717, 1.165) is 92.0 Å². The number of aryl methyl sites for hydroxylation is 1. The molecule has 661 valence electrons. The van der Waals surface area contributed by atoms with Crippen LogP contribution in [0.5, 0.6) is 0 Å². The van der Waals surface area contributed by atoms with Gasteiger partial charge in [0.2, 0.25) is 0 Å². The zero-order valence-corrected chi connectivity index (χ0v) is 80.5. The number of aliphatic hydroxyl groups is 1. The third-order valence-electron chi connectivity index (χ3n) is 17.3. The summed E-state index contributed by atoms with van der Waals surface area (Å²) in [5.41, 5.74) is 12.1. The van der Waals surface area contributed by atoms with E-state index in [1.165, 1.54) is 56.3 Å². The molecular formula is C96H76BF7Ir5N17O2-7. The Morgan fingerprint density at radius 3 is 1.12 bits per heavy atom. The molecule has 32 heteroatoms. The van der Waals surface area contributed by atoms with Crippen LogP contribution in [0.3, 0.4) is 0 Å². The van der Waals surface area contributed by atoms with Crippen LogP contribution < -0.4 is 9.80 Å². The number of benzene rings is 8. The number of ketones is 1. The fourth-order valence-electron chi connectivity index (χ4n) is 11.7. The van der Waals surface area contributed by atoms with Gasteiger partial charge in [-0.25, -0.2) is 20.4 Å². The number of aromatic nitrogens is 15. The molecule has 0 atom stereocenters. The summed E-state index contributed by atoms with van der Waals surface area (Å²) < 4.78 is 99.3. The van der Waals surface area contributed by atoms with Crippen molar-refractivity contribution in [2.75, 3.05) is 23.9 Å². The summed E-state index contributed by atoms with van der Waals surface area (Å²) in [6, 6.07) is 93.3. The van der Waals surface area contributed by atoms with E-state index in [1.807, 2.05) is 215 Å². The molecule has 0 aliphatic heterocycles. The molecule has 1 N–H and O–H groups in total. The second-order valence-corrected chi connectivity index (χ2v) is 26.4. The molecule has 18 rings (SSSR count). The third-order valence-corrected chi connectivity index (χ3v) is 17.3. The van der Waals surface area contributed by atoms with Gasteiger partial charge in [0.25, 0.3) is 0 Å². The molecule has 8 aromatic carbocycles. The van der Waals surface area contributed by atoms with Gasteiger partial charge in [0.1, 0.15) is 0 Å². The van der Waals surface area contributed by atoms with E-state index in [4.69, 9.17) is 5.11 Å². The van der Waals surface area contributed by atoms with Crippen LogP contribution in [0.2, 0.25) is 0 Å². The molecule has 0 bridgehead atoms. The summed E-state index contributed by atoms with van der Waals surface area (Å²) in [5.74, 6) is -3.50. The van der Waals surface area contributed by atoms with Gasteiger partial charge in [-0.2, -0.15) is 29.4 Å². The first-order valence-corrected chi connectivity index (χ1v) is 37.8. The van der Waals surface area contributed by atoms with Gasteiger partial charge in [-0.15, -0.1) is 120 Å². The van der Waals surface area contributed by atoms with Crippen LogP contribution in [0, 0.1) is 84.0 Å². The van der Waals surface area contributed by atoms with Crippen molar-refractivity contribution in [3.8, 4) is 62.0 Å². The number of hydrogen-bond donors (Lipinski definition) is 1. The molecule has 10 aromatic heterocycles. The number of anilines is 4. The Labute approximate surface area is 804 Å². The minimum atomic E-state index is -1.83. The minimum absolute atomic E-state index is 0. The number of allylic oxidation sites excluding steroid dienone is 2. The third kappa shape index (κ3) is 30.5. The number of halogens is 7. The Morgan fingerprint density at radius 2 is 0.750 bits per heavy atom. The normalized spacial score (nSPS) is 10.1. The van der Waals surface area contributed by atoms with Crippen molar-refractivity contribution in [2.45, 2.75) is 20.8 Å². The molecule has 0 amide bonds. The van der Waals surface area contributed by atoms with Crippen LogP contribution in [0.15, 0.2) is 372 Å². The molecule has 0 aliphatic rings. The average molecular weight is 2600 g/mol. The first kappa shape index (κ1) is 104. The number of pyridine rings is 5. The van der Waals surface area contributed by atoms with E-state index < -0.39 is 30.0 Å². The van der Waals surface area contributed by atoms with Crippen molar-refractivity contribution >= 4 is 35.2 Å². The molecule has 0 unspecified atom stereocenters. The van der Waals surface area contributed by atoms with E-state index in [0.29, 0.717) is 11.4 Å². The molecule has 0 aliphatic carbocycles. The number of nitrogens with zero attached hydrogens (tertiary/aromatic N) is 17.